The lowest BCUT2D eigenvalue weighted by Gasteiger charge is -2.12. The maximum atomic E-state index is 12.1. The fourth-order valence-corrected chi connectivity index (χ4v) is 2.25. The van der Waals surface area contributed by atoms with Gasteiger partial charge in [-0.15, -0.1) is 0 Å². The van der Waals surface area contributed by atoms with Gasteiger partial charge in [0, 0.05) is 12.1 Å². The molecule has 1 aromatic rings. The Morgan fingerprint density at radius 2 is 1.80 bits per heavy atom. The fourth-order valence-electron chi connectivity index (χ4n) is 1.70. The SMILES string of the molecule is COc1cc(C(=O)NCCCN(C)C)cc(OC)c1Br. The summed E-state index contributed by atoms with van der Waals surface area (Å²) in [5.74, 6) is 1.01. The number of halogens is 1. The maximum absolute atomic E-state index is 12.1. The Kier molecular flexibility index (Phi) is 6.81. The van der Waals surface area contributed by atoms with Gasteiger partial charge in [0.1, 0.15) is 16.0 Å². The van der Waals surface area contributed by atoms with Crippen molar-refractivity contribution in [3.05, 3.63) is 22.2 Å². The molecule has 0 spiro atoms. The molecule has 0 atom stereocenters. The van der Waals surface area contributed by atoms with Crippen molar-refractivity contribution in [1.29, 1.82) is 0 Å². The molecule has 0 aliphatic heterocycles. The second-order valence-electron chi connectivity index (χ2n) is 4.61. The summed E-state index contributed by atoms with van der Waals surface area (Å²) in [6, 6.07) is 3.38. The third-order valence-electron chi connectivity index (χ3n) is 2.78. The topological polar surface area (TPSA) is 50.8 Å². The Morgan fingerprint density at radius 1 is 1.25 bits per heavy atom. The van der Waals surface area contributed by atoms with E-state index in [1.165, 1.54) is 0 Å². The van der Waals surface area contributed by atoms with E-state index >= 15 is 0 Å². The molecule has 0 aromatic heterocycles. The Bertz CT molecular complexity index is 439. The number of ether oxygens (including phenoxy) is 2. The fraction of sp³-hybridized carbons (Fsp3) is 0.500. The summed E-state index contributed by atoms with van der Waals surface area (Å²) in [6.07, 6.45) is 0.906. The zero-order valence-electron chi connectivity index (χ0n) is 12.3. The van der Waals surface area contributed by atoms with Gasteiger partial charge in [-0.2, -0.15) is 0 Å². The largest absolute Gasteiger partial charge is 0.495 e. The van der Waals surface area contributed by atoms with Crippen LogP contribution in [0.5, 0.6) is 11.5 Å². The molecule has 0 aliphatic rings. The lowest BCUT2D eigenvalue weighted by atomic mass is 10.2. The summed E-state index contributed by atoms with van der Waals surface area (Å²) in [4.78, 5) is 14.2. The Balaban J connectivity index is 2.72. The number of amides is 1. The molecule has 1 rings (SSSR count). The average Bonchev–Trinajstić information content (AvgIpc) is 2.43. The lowest BCUT2D eigenvalue weighted by Crippen LogP contribution is -2.27. The molecule has 112 valence electrons. The third-order valence-corrected chi connectivity index (χ3v) is 3.56. The number of hydrogen-bond acceptors (Lipinski definition) is 4. The van der Waals surface area contributed by atoms with Crippen LogP contribution in [-0.2, 0) is 0 Å². The average molecular weight is 345 g/mol. The zero-order valence-corrected chi connectivity index (χ0v) is 13.9. The van der Waals surface area contributed by atoms with Gasteiger partial charge in [-0.3, -0.25) is 4.79 Å². The molecule has 5 nitrogen and oxygen atoms in total. The molecule has 1 amide bonds. The van der Waals surface area contributed by atoms with Crippen molar-refractivity contribution in [2.75, 3.05) is 41.4 Å². The molecule has 0 fully saturated rings. The molecule has 1 aromatic carbocycles. The number of carbonyl (C=O) groups excluding carboxylic acids is 1. The van der Waals surface area contributed by atoms with E-state index < -0.39 is 0 Å². The summed E-state index contributed by atoms with van der Waals surface area (Å²) in [5, 5.41) is 2.88. The quantitative estimate of drug-likeness (QED) is 0.770. The van der Waals surface area contributed by atoms with Gasteiger partial charge in [0.25, 0.3) is 5.91 Å². The maximum Gasteiger partial charge on any atom is 0.251 e. The first-order chi connectivity index (χ1) is 9.49. The summed E-state index contributed by atoms with van der Waals surface area (Å²) in [7, 11) is 7.12. The zero-order chi connectivity index (χ0) is 15.1. The van der Waals surface area contributed by atoms with Crippen molar-refractivity contribution in [2.45, 2.75) is 6.42 Å². The standard InChI is InChI=1S/C14H21BrN2O3/c1-17(2)7-5-6-16-14(18)10-8-11(19-3)13(15)12(9-10)20-4/h8-9H,5-7H2,1-4H3,(H,16,18). The number of carbonyl (C=O) groups is 1. The van der Waals surface area contributed by atoms with Gasteiger partial charge in [0.05, 0.1) is 14.2 Å². The first kappa shape index (κ1) is 16.8. The Hall–Kier alpha value is -1.27. The van der Waals surface area contributed by atoms with E-state index in [1.54, 1.807) is 26.4 Å². The highest BCUT2D eigenvalue weighted by Gasteiger charge is 2.14. The minimum absolute atomic E-state index is 0.132. The molecule has 0 unspecified atom stereocenters. The Morgan fingerprint density at radius 3 is 2.25 bits per heavy atom. The van der Waals surface area contributed by atoms with Crippen molar-refractivity contribution >= 4 is 21.8 Å². The lowest BCUT2D eigenvalue weighted by molar-refractivity contribution is 0.0951. The monoisotopic (exact) mass is 344 g/mol. The van der Waals surface area contributed by atoms with Crippen molar-refractivity contribution in [3.8, 4) is 11.5 Å². The number of methoxy groups -OCH3 is 2. The Labute approximate surface area is 128 Å². The van der Waals surface area contributed by atoms with Crippen LogP contribution in [0, 0.1) is 0 Å². The third kappa shape index (κ3) is 4.68. The van der Waals surface area contributed by atoms with Gasteiger partial charge in [0.15, 0.2) is 0 Å². The summed E-state index contributed by atoms with van der Waals surface area (Å²) < 4.78 is 11.1. The second kappa shape index (κ2) is 8.11. The molecular weight excluding hydrogens is 324 g/mol. The number of nitrogens with zero attached hydrogens (tertiary/aromatic N) is 1. The van der Waals surface area contributed by atoms with Crippen LogP contribution in [0.3, 0.4) is 0 Å². The number of hydrogen-bond donors (Lipinski definition) is 1. The smallest absolute Gasteiger partial charge is 0.251 e. The van der Waals surface area contributed by atoms with Gasteiger partial charge in [-0.25, -0.2) is 0 Å². The number of rotatable bonds is 7. The van der Waals surface area contributed by atoms with Crippen molar-refractivity contribution < 1.29 is 14.3 Å². The summed E-state index contributed by atoms with van der Waals surface area (Å²) >= 11 is 3.38. The second-order valence-corrected chi connectivity index (χ2v) is 5.40. The van der Waals surface area contributed by atoms with Crippen LogP contribution in [0.2, 0.25) is 0 Å². The number of nitrogens with one attached hydrogen (secondary N) is 1. The highest BCUT2D eigenvalue weighted by Crippen LogP contribution is 2.35. The number of benzene rings is 1. The van der Waals surface area contributed by atoms with Crippen molar-refractivity contribution in [3.63, 3.8) is 0 Å². The molecule has 6 heteroatoms. The van der Waals surface area contributed by atoms with E-state index in [4.69, 9.17) is 9.47 Å². The molecule has 20 heavy (non-hydrogen) atoms. The van der Waals surface area contributed by atoms with E-state index in [0.29, 0.717) is 28.1 Å². The van der Waals surface area contributed by atoms with E-state index in [2.05, 4.69) is 26.1 Å². The van der Waals surface area contributed by atoms with Crippen LogP contribution in [0.25, 0.3) is 0 Å². The summed E-state index contributed by atoms with van der Waals surface area (Å²) in [5.41, 5.74) is 0.520. The molecule has 0 bridgehead atoms. The highest BCUT2D eigenvalue weighted by molar-refractivity contribution is 9.10. The molecule has 0 saturated carbocycles. The molecular formula is C14H21BrN2O3. The normalized spacial score (nSPS) is 10.5. The molecule has 0 aliphatic carbocycles. The van der Waals surface area contributed by atoms with Crippen LogP contribution >= 0.6 is 15.9 Å². The molecule has 1 N–H and O–H groups in total. The van der Waals surface area contributed by atoms with E-state index in [1.807, 2.05) is 14.1 Å². The van der Waals surface area contributed by atoms with E-state index in [0.717, 1.165) is 13.0 Å². The van der Waals surface area contributed by atoms with Crippen molar-refractivity contribution in [1.82, 2.24) is 10.2 Å². The predicted octanol–water partition coefficient (Wildman–Crippen LogP) is 2.15. The van der Waals surface area contributed by atoms with Crippen molar-refractivity contribution in [2.24, 2.45) is 0 Å². The van der Waals surface area contributed by atoms with Crippen LogP contribution in [0.4, 0.5) is 0 Å². The van der Waals surface area contributed by atoms with Gasteiger partial charge in [-0.1, -0.05) is 0 Å². The predicted molar refractivity (Wildman–Crippen MR) is 82.8 cm³/mol. The van der Waals surface area contributed by atoms with Crippen LogP contribution < -0.4 is 14.8 Å². The van der Waals surface area contributed by atoms with Gasteiger partial charge in [0.2, 0.25) is 0 Å². The molecule has 0 radical (unpaired) electrons. The summed E-state index contributed by atoms with van der Waals surface area (Å²) in [6.45, 7) is 1.57. The van der Waals surface area contributed by atoms with Crippen LogP contribution in [-0.4, -0.2) is 52.2 Å². The van der Waals surface area contributed by atoms with E-state index in [-0.39, 0.29) is 5.91 Å². The van der Waals surface area contributed by atoms with Gasteiger partial charge >= 0.3 is 0 Å². The minimum atomic E-state index is -0.132. The van der Waals surface area contributed by atoms with E-state index in [9.17, 15) is 4.79 Å². The van der Waals surface area contributed by atoms with Crippen LogP contribution in [0.1, 0.15) is 16.8 Å². The van der Waals surface area contributed by atoms with Gasteiger partial charge < -0.3 is 19.7 Å². The molecule has 0 heterocycles. The first-order valence-corrected chi connectivity index (χ1v) is 7.13. The molecule has 0 saturated heterocycles. The van der Waals surface area contributed by atoms with Gasteiger partial charge in [-0.05, 0) is 55.1 Å². The van der Waals surface area contributed by atoms with Crippen LogP contribution in [0.15, 0.2) is 16.6 Å². The first-order valence-electron chi connectivity index (χ1n) is 6.34. The minimum Gasteiger partial charge on any atom is -0.495 e. The highest BCUT2D eigenvalue weighted by atomic mass is 79.9.